The average Bonchev–Trinajstić information content (AvgIpc) is 2.72. The van der Waals surface area contributed by atoms with Crippen LogP contribution in [0.3, 0.4) is 0 Å². The smallest absolute Gasteiger partial charge is 0.303 e. The second-order valence-electron chi connectivity index (χ2n) is 7.76. The predicted molar refractivity (Wildman–Crippen MR) is 109 cm³/mol. The largest absolute Gasteiger partial charge is 0.457 e. The highest BCUT2D eigenvalue weighted by Gasteiger charge is 2.52. The van der Waals surface area contributed by atoms with Crippen LogP contribution in [0.1, 0.15) is 34.6 Å². The summed E-state index contributed by atoms with van der Waals surface area (Å²) in [5, 5.41) is 0. The van der Waals surface area contributed by atoms with Crippen molar-refractivity contribution in [2.75, 3.05) is 20.3 Å². The maximum Gasteiger partial charge on any atom is 0.303 e. The van der Waals surface area contributed by atoms with Gasteiger partial charge in [-0.05, 0) is 0 Å². The highest BCUT2D eigenvalue weighted by atomic mass is 16.8. The summed E-state index contributed by atoms with van der Waals surface area (Å²) >= 11 is 0. The number of hydrogen-bond donors (Lipinski definition) is 0. The van der Waals surface area contributed by atoms with Crippen LogP contribution < -0.4 is 0 Å². The number of carbonyl (C=O) groups is 5. The summed E-state index contributed by atoms with van der Waals surface area (Å²) in [5.74, 6) is -3.58. The second kappa shape index (κ2) is 12.8. The van der Waals surface area contributed by atoms with Crippen molar-refractivity contribution >= 4 is 29.8 Å². The van der Waals surface area contributed by atoms with Gasteiger partial charge in [0.2, 0.25) is 0 Å². The summed E-state index contributed by atoms with van der Waals surface area (Å²) in [7, 11) is 1.31. The van der Waals surface area contributed by atoms with E-state index in [4.69, 9.17) is 42.6 Å². The lowest BCUT2D eigenvalue weighted by molar-refractivity contribution is -0.335. The van der Waals surface area contributed by atoms with Crippen LogP contribution in [0.4, 0.5) is 0 Å². The molecule has 2 fully saturated rings. The number of ether oxygens (including phenoxy) is 9. The average molecular weight is 506 g/mol. The first kappa shape index (κ1) is 28.4. The molecule has 35 heavy (non-hydrogen) atoms. The molecule has 0 amide bonds. The van der Waals surface area contributed by atoms with Crippen LogP contribution in [0.5, 0.6) is 0 Å². The van der Waals surface area contributed by atoms with Gasteiger partial charge < -0.3 is 42.6 Å². The fourth-order valence-corrected chi connectivity index (χ4v) is 3.72. The van der Waals surface area contributed by atoms with E-state index < -0.39 is 79.1 Å². The van der Waals surface area contributed by atoms with E-state index in [1.165, 1.54) is 14.0 Å². The van der Waals surface area contributed by atoms with Gasteiger partial charge in [-0.25, -0.2) is 0 Å². The van der Waals surface area contributed by atoms with Crippen LogP contribution in [0.2, 0.25) is 0 Å². The van der Waals surface area contributed by atoms with Crippen molar-refractivity contribution in [3.63, 3.8) is 0 Å². The Morgan fingerprint density at radius 2 is 0.914 bits per heavy atom. The van der Waals surface area contributed by atoms with Crippen LogP contribution in [0.25, 0.3) is 0 Å². The van der Waals surface area contributed by atoms with E-state index in [1.54, 1.807) is 0 Å². The third-order valence-corrected chi connectivity index (χ3v) is 4.83. The van der Waals surface area contributed by atoms with Crippen molar-refractivity contribution in [1.82, 2.24) is 0 Å². The minimum atomic E-state index is -1.42. The maximum atomic E-state index is 11.9. The van der Waals surface area contributed by atoms with Crippen molar-refractivity contribution in [3.05, 3.63) is 0 Å². The first-order chi connectivity index (χ1) is 16.4. The summed E-state index contributed by atoms with van der Waals surface area (Å²) in [6, 6.07) is 0. The molecular weight excluding hydrogens is 476 g/mol. The molecule has 14 heteroatoms. The van der Waals surface area contributed by atoms with Crippen LogP contribution >= 0.6 is 0 Å². The summed E-state index contributed by atoms with van der Waals surface area (Å²) in [4.78, 5) is 58.6. The zero-order chi connectivity index (χ0) is 26.3. The molecule has 8 atom stereocenters. The summed E-state index contributed by atoms with van der Waals surface area (Å²) in [5.41, 5.74) is 0. The van der Waals surface area contributed by atoms with E-state index in [0.717, 1.165) is 27.7 Å². The molecule has 0 aliphatic carbocycles. The van der Waals surface area contributed by atoms with Crippen molar-refractivity contribution in [2.45, 2.75) is 83.8 Å². The zero-order valence-electron chi connectivity index (χ0n) is 20.2. The SMILES string of the molecule is CO[C@H]1OC[C@H](OC(C)=O)[C@@H](O[C@@H]2OC[C@H](OC(C)=O)[C@@H](OC(C)=O)[C@@H]2OC(C)=O)[C@@H]1OC(C)=O. The van der Waals surface area contributed by atoms with Crippen molar-refractivity contribution < 1.29 is 66.6 Å². The fourth-order valence-electron chi connectivity index (χ4n) is 3.72. The number of rotatable bonds is 8. The summed E-state index contributed by atoms with van der Waals surface area (Å²) < 4.78 is 48.8. The molecular formula is C21H30O14. The molecule has 0 N–H and O–H groups in total. The lowest BCUT2D eigenvalue weighted by atomic mass is 10.0. The van der Waals surface area contributed by atoms with Gasteiger partial charge in [-0.3, -0.25) is 24.0 Å². The van der Waals surface area contributed by atoms with Gasteiger partial charge in [-0.2, -0.15) is 0 Å². The predicted octanol–water partition coefficient (Wildman–Crippen LogP) is -0.611. The molecule has 0 aromatic heterocycles. The van der Waals surface area contributed by atoms with Crippen LogP contribution in [-0.2, 0) is 66.6 Å². The van der Waals surface area contributed by atoms with Gasteiger partial charge >= 0.3 is 29.8 Å². The van der Waals surface area contributed by atoms with Gasteiger partial charge in [0.1, 0.15) is 6.10 Å². The molecule has 0 bridgehead atoms. The summed E-state index contributed by atoms with van der Waals surface area (Å²) in [6.45, 7) is 5.21. The highest BCUT2D eigenvalue weighted by molar-refractivity contribution is 5.68. The Labute approximate surface area is 201 Å². The van der Waals surface area contributed by atoms with E-state index in [0.29, 0.717) is 0 Å². The zero-order valence-corrected chi connectivity index (χ0v) is 20.2. The fraction of sp³-hybridized carbons (Fsp3) is 0.762. The molecule has 2 aliphatic rings. The molecule has 198 valence electrons. The number of methoxy groups -OCH3 is 1. The first-order valence-corrected chi connectivity index (χ1v) is 10.7. The van der Waals surface area contributed by atoms with Gasteiger partial charge in [0.15, 0.2) is 43.1 Å². The van der Waals surface area contributed by atoms with Crippen molar-refractivity contribution in [3.8, 4) is 0 Å². The van der Waals surface area contributed by atoms with Crippen LogP contribution in [-0.4, -0.2) is 99.4 Å². The molecule has 0 unspecified atom stereocenters. The number of carbonyl (C=O) groups excluding carboxylic acids is 5. The lowest BCUT2D eigenvalue weighted by Crippen LogP contribution is -2.63. The Hall–Kier alpha value is -2.81. The molecule has 14 nitrogen and oxygen atoms in total. The number of hydrogen-bond acceptors (Lipinski definition) is 14. The normalized spacial score (nSPS) is 32.6. The Morgan fingerprint density at radius 3 is 1.34 bits per heavy atom. The van der Waals surface area contributed by atoms with Crippen LogP contribution in [0, 0.1) is 0 Å². The van der Waals surface area contributed by atoms with Crippen LogP contribution in [0.15, 0.2) is 0 Å². The number of esters is 5. The molecule has 0 aromatic carbocycles. The van der Waals surface area contributed by atoms with E-state index in [9.17, 15) is 24.0 Å². The topological polar surface area (TPSA) is 168 Å². The van der Waals surface area contributed by atoms with Gasteiger partial charge in [0.25, 0.3) is 0 Å². The Morgan fingerprint density at radius 1 is 0.543 bits per heavy atom. The van der Waals surface area contributed by atoms with E-state index in [1.807, 2.05) is 0 Å². The molecule has 0 spiro atoms. The molecule has 2 heterocycles. The first-order valence-electron chi connectivity index (χ1n) is 10.7. The molecule has 0 aromatic rings. The van der Waals surface area contributed by atoms with Crippen molar-refractivity contribution in [1.29, 1.82) is 0 Å². The molecule has 0 radical (unpaired) electrons. The Balaban J connectivity index is 2.42. The minimum absolute atomic E-state index is 0.186. The molecule has 2 aliphatic heterocycles. The van der Waals surface area contributed by atoms with Gasteiger partial charge in [-0.1, -0.05) is 0 Å². The summed E-state index contributed by atoms with van der Waals surface area (Å²) in [6.07, 6.45) is -9.86. The standard InChI is InChI=1S/C21H30O14/c1-9(22)30-14-8-29-21(19(34-13(5)26)16(14)32-11(3)24)35-17-15(31-10(2)23)7-28-20(27-6)18(17)33-12(4)25/h14-21H,7-8H2,1-6H3/t14-,15-,16+,17+,18-,19-,20-,21-/m0/s1. The Kier molecular flexibility index (Phi) is 10.4. The molecule has 2 saturated heterocycles. The maximum absolute atomic E-state index is 11.9. The van der Waals surface area contributed by atoms with E-state index in [2.05, 4.69) is 0 Å². The monoisotopic (exact) mass is 506 g/mol. The van der Waals surface area contributed by atoms with Gasteiger partial charge in [-0.15, -0.1) is 0 Å². The highest BCUT2D eigenvalue weighted by Crippen LogP contribution is 2.31. The minimum Gasteiger partial charge on any atom is -0.457 e. The van der Waals surface area contributed by atoms with Gasteiger partial charge in [0, 0.05) is 41.7 Å². The molecule has 0 saturated carbocycles. The second-order valence-corrected chi connectivity index (χ2v) is 7.76. The van der Waals surface area contributed by atoms with E-state index >= 15 is 0 Å². The molecule has 2 rings (SSSR count). The van der Waals surface area contributed by atoms with E-state index in [-0.39, 0.29) is 13.2 Å². The van der Waals surface area contributed by atoms with Gasteiger partial charge in [0.05, 0.1) is 13.2 Å². The van der Waals surface area contributed by atoms with Crippen molar-refractivity contribution in [2.24, 2.45) is 0 Å². The Bertz CT molecular complexity index is 797. The lowest BCUT2D eigenvalue weighted by Gasteiger charge is -2.45. The third kappa shape index (κ3) is 8.13. The quantitative estimate of drug-likeness (QED) is 0.302. The third-order valence-electron chi connectivity index (χ3n) is 4.83.